The van der Waals surface area contributed by atoms with Gasteiger partial charge in [-0.25, -0.2) is 9.97 Å². The summed E-state index contributed by atoms with van der Waals surface area (Å²) < 4.78 is 0. The predicted octanol–water partition coefficient (Wildman–Crippen LogP) is 2.28. The Balaban J connectivity index is 1.93. The second kappa shape index (κ2) is 5.77. The smallest absolute Gasteiger partial charge is 0.225 e. The lowest BCUT2D eigenvalue weighted by Gasteiger charge is -2.37. The molecule has 0 amide bonds. The molecule has 1 aliphatic rings. The summed E-state index contributed by atoms with van der Waals surface area (Å²) in [5.74, 6) is 0.740. The Hall–Kier alpha value is -1.65. The molecule has 1 unspecified atom stereocenters. The molecule has 0 radical (unpaired) electrons. The van der Waals surface area contributed by atoms with Crippen LogP contribution in [0.15, 0.2) is 36.7 Å². The first-order chi connectivity index (χ1) is 9.78. The molecule has 0 saturated heterocycles. The molecule has 104 valence electrons. The molecule has 0 aliphatic carbocycles. The summed E-state index contributed by atoms with van der Waals surface area (Å²) in [4.78, 5) is 11.0. The highest BCUT2D eigenvalue weighted by Gasteiger charge is 2.27. The van der Waals surface area contributed by atoms with Gasteiger partial charge in [0.25, 0.3) is 0 Å². The van der Waals surface area contributed by atoms with Gasteiger partial charge in [0.05, 0.1) is 17.4 Å². The molecule has 1 aromatic heterocycles. The highest BCUT2D eigenvalue weighted by atomic mass is 35.5. The van der Waals surface area contributed by atoms with Gasteiger partial charge in [-0.05, 0) is 24.6 Å². The zero-order chi connectivity index (χ0) is 13.9. The summed E-state index contributed by atoms with van der Waals surface area (Å²) in [6.45, 7) is 1.74. The van der Waals surface area contributed by atoms with Gasteiger partial charge in [-0.15, -0.1) is 0 Å². The molecular formula is C15H17ClN4. The molecule has 2 heterocycles. The van der Waals surface area contributed by atoms with Crippen molar-refractivity contribution < 1.29 is 0 Å². The van der Waals surface area contributed by atoms with Gasteiger partial charge in [0.1, 0.15) is 0 Å². The molecule has 0 spiro atoms. The minimum atomic E-state index is 0.357. The summed E-state index contributed by atoms with van der Waals surface area (Å²) >= 11 is 5.87. The lowest BCUT2D eigenvalue weighted by atomic mass is 9.94. The summed E-state index contributed by atoms with van der Waals surface area (Å²) in [6, 6.07) is 8.92. The van der Waals surface area contributed by atoms with Crippen LogP contribution in [-0.2, 0) is 13.0 Å². The average Bonchev–Trinajstić information content (AvgIpc) is 2.48. The standard InChI is InChI=1S/C15H17ClN4/c1-17-9-14-6-11-4-2-3-5-12(11)10-20(14)15-18-7-13(16)8-19-15/h2-5,7-8,14,17H,6,9-10H2,1H3. The first kappa shape index (κ1) is 13.3. The minimum Gasteiger partial charge on any atom is -0.332 e. The van der Waals surface area contributed by atoms with Gasteiger partial charge in [0, 0.05) is 19.1 Å². The van der Waals surface area contributed by atoms with Crippen LogP contribution in [0.2, 0.25) is 5.02 Å². The summed E-state index contributed by atoms with van der Waals surface area (Å²) in [5.41, 5.74) is 2.76. The van der Waals surface area contributed by atoms with Gasteiger partial charge in [-0.2, -0.15) is 0 Å². The monoisotopic (exact) mass is 288 g/mol. The Morgan fingerprint density at radius 2 is 1.95 bits per heavy atom. The van der Waals surface area contributed by atoms with Crippen molar-refractivity contribution in [3.8, 4) is 0 Å². The van der Waals surface area contributed by atoms with Gasteiger partial charge in [-0.3, -0.25) is 0 Å². The van der Waals surface area contributed by atoms with E-state index in [1.165, 1.54) is 11.1 Å². The molecule has 3 rings (SSSR count). The van der Waals surface area contributed by atoms with E-state index in [9.17, 15) is 0 Å². The number of nitrogens with zero attached hydrogens (tertiary/aromatic N) is 3. The van der Waals surface area contributed by atoms with E-state index in [0.29, 0.717) is 11.1 Å². The van der Waals surface area contributed by atoms with Gasteiger partial charge in [0.2, 0.25) is 5.95 Å². The highest BCUT2D eigenvalue weighted by molar-refractivity contribution is 6.30. The van der Waals surface area contributed by atoms with E-state index in [1.807, 2.05) is 7.05 Å². The third-order valence-electron chi connectivity index (χ3n) is 3.66. The molecule has 4 nitrogen and oxygen atoms in total. The average molecular weight is 289 g/mol. The van der Waals surface area contributed by atoms with E-state index in [0.717, 1.165) is 25.5 Å². The summed E-state index contributed by atoms with van der Waals surface area (Å²) in [6.07, 6.45) is 4.31. The second-order valence-corrected chi connectivity index (χ2v) is 5.45. The molecule has 2 aromatic rings. The Kier molecular flexibility index (Phi) is 3.85. The maximum Gasteiger partial charge on any atom is 0.225 e. The topological polar surface area (TPSA) is 41.0 Å². The lowest BCUT2D eigenvalue weighted by Crippen LogP contribution is -2.46. The Morgan fingerprint density at radius 3 is 2.65 bits per heavy atom. The van der Waals surface area contributed by atoms with Crippen LogP contribution >= 0.6 is 11.6 Å². The number of likely N-dealkylation sites (N-methyl/N-ethyl adjacent to an activating group) is 1. The van der Waals surface area contributed by atoms with Crippen LogP contribution in [0.1, 0.15) is 11.1 Å². The fourth-order valence-electron chi connectivity index (χ4n) is 2.69. The van der Waals surface area contributed by atoms with Gasteiger partial charge >= 0.3 is 0 Å². The Labute approximate surface area is 123 Å². The van der Waals surface area contributed by atoms with E-state index in [-0.39, 0.29) is 0 Å². The number of hydrogen-bond acceptors (Lipinski definition) is 4. The first-order valence-electron chi connectivity index (χ1n) is 6.73. The quantitative estimate of drug-likeness (QED) is 0.941. The third-order valence-corrected chi connectivity index (χ3v) is 3.85. The maximum absolute atomic E-state index is 5.87. The van der Waals surface area contributed by atoms with Crippen LogP contribution < -0.4 is 10.2 Å². The largest absolute Gasteiger partial charge is 0.332 e. The number of aromatic nitrogens is 2. The van der Waals surface area contributed by atoms with Crippen molar-refractivity contribution >= 4 is 17.5 Å². The van der Waals surface area contributed by atoms with Gasteiger partial charge < -0.3 is 10.2 Å². The third kappa shape index (κ3) is 2.62. The zero-order valence-corrected chi connectivity index (χ0v) is 12.1. The van der Waals surface area contributed by atoms with Crippen LogP contribution in [0.3, 0.4) is 0 Å². The molecule has 1 atom stereocenters. The van der Waals surface area contributed by atoms with E-state index in [1.54, 1.807) is 12.4 Å². The van der Waals surface area contributed by atoms with E-state index >= 15 is 0 Å². The van der Waals surface area contributed by atoms with Gasteiger partial charge in [0.15, 0.2) is 0 Å². The molecular weight excluding hydrogens is 272 g/mol. The van der Waals surface area contributed by atoms with Crippen molar-refractivity contribution in [2.24, 2.45) is 0 Å². The SMILES string of the molecule is CNCC1Cc2ccccc2CN1c1ncc(Cl)cn1. The number of fused-ring (bicyclic) bond motifs is 1. The van der Waals surface area contributed by atoms with Crippen LogP contribution in [-0.4, -0.2) is 29.6 Å². The van der Waals surface area contributed by atoms with Crippen molar-refractivity contribution in [2.45, 2.75) is 19.0 Å². The normalized spacial score (nSPS) is 17.9. The van der Waals surface area contributed by atoms with Crippen LogP contribution in [0.25, 0.3) is 0 Å². The molecule has 20 heavy (non-hydrogen) atoms. The summed E-state index contributed by atoms with van der Waals surface area (Å²) in [5, 5.41) is 3.82. The van der Waals surface area contributed by atoms with Crippen molar-refractivity contribution in [3.05, 3.63) is 52.8 Å². The maximum atomic E-state index is 5.87. The van der Waals surface area contributed by atoms with E-state index < -0.39 is 0 Å². The molecule has 0 fully saturated rings. The number of benzene rings is 1. The number of rotatable bonds is 3. The fourth-order valence-corrected chi connectivity index (χ4v) is 2.79. The number of hydrogen-bond donors (Lipinski definition) is 1. The number of nitrogens with one attached hydrogen (secondary N) is 1. The molecule has 0 saturated carbocycles. The Morgan fingerprint density at radius 1 is 1.25 bits per heavy atom. The zero-order valence-electron chi connectivity index (χ0n) is 11.4. The first-order valence-corrected chi connectivity index (χ1v) is 7.11. The Bertz CT molecular complexity index is 585. The number of anilines is 1. The summed E-state index contributed by atoms with van der Waals surface area (Å²) in [7, 11) is 1.97. The lowest BCUT2D eigenvalue weighted by molar-refractivity contribution is 0.518. The van der Waals surface area contributed by atoms with Crippen molar-refractivity contribution in [1.82, 2.24) is 15.3 Å². The second-order valence-electron chi connectivity index (χ2n) is 5.01. The van der Waals surface area contributed by atoms with Crippen LogP contribution in [0.5, 0.6) is 0 Å². The van der Waals surface area contributed by atoms with Crippen molar-refractivity contribution in [1.29, 1.82) is 0 Å². The molecule has 1 aromatic carbocycles. The molecule has 5 heteroatoms. The molecule has 0 bridgehead atoms. The van der Waals surface area contributed by atoms with Crippen LogP contribution in [0.4, 0.5) is 5.95 Å². The van der Waals surface area contributed by atoms with E-state index in [4.69, 9.17) is 11.6 Å². The fraction of sp³-hybridized carbons (Fsp3) is 0.333. The molecule has 1 aliphatic heterocycles. The van der Waals surface area contributed by atoms with Crippen LogP contribution in [0, 0.1) is 0 Å². The van der Waals surface area contributed by atoms with E-state index in [2.05, 4.69) is 44.5 Å². The highest BCUT2D eigenvalue weighted by Crippen LogP contribution is 2.26. The predicted molar refractivity (Wildman–Crippen MR) is 81.1 cm³/mol. The van der Waals surface area contributed by atoms with Crippen molar-refractivity contribution in [2.75, 3.05) is 18.5 Å². The number of halogens is 1. The molecule has 1 N–H and O–H groups in total. The minimum absolute atomic E-state index is 0.357. The van der Waals surface area contributed by atoms with Gasteiger partial charge in [-0.1, -0.05) is 35.9 Å². The van der Waals surface area contributed by atoms with Crippen molar-refractivity contribution in [3.63, 3.8) is 0 Å².